The van der Waals surface area contributed by atoms with E-state index in [1.165, 1.54) is 0 Å². The van der Waals surface area contributed by atoms with Gasteiger partial charge in [-0.25, -0.2) is 19.2 Å². The number of aromatic amines is 2. The summed E-state index contributed by atoms with van der Waals surface area (Å²) in [6.07, 6.45) is -10.3. The van der Waals surface area contributed by atoms with Crippen LogP contribution in [0.5, 0.6) is 0 Å². The zero-order valence-corrected chi connectivity index (χ0v) is 23.3. The summed E-state index contributed by atoms with van der Waals surface area (Å²) in [6.45, 7) is -1.07. The highest BCUT2D eigenvalue weighted by molar-refractivity contribution is 5.67. The maximum atomic E-state index is 11.9. The van der Waals surface area contributed by atoms with Crippen molar-refractivity contribution in [1.29, 1.82) is 0 Å². The van der Waals surface area contributed by atoms with Crippen LogP contribution in [0.15, 0.2) is 43.7 Å². The number of aliphatic hydroxyl groups excluding tert-OH is 4. The highest BCUT2D eigenvalue weighted by Gasteiger charge is 2.45. The van der Waals surface area contributed by atoms with Gasteiger partial charge < -0.3 is 54.7 Å². The molecular weight excluding hydrogens is 612 g/mol. The van der Waals surface area contributed by atoms with Crippen LogP contribution in [0.25, 0.3) is 0 Å². The Bertz CT molecular complexity index is 1440. The highest BCUT2D eigenvalue weighted by atomic mass is 16.6. The fourth-order valence-corrected chi connectivity index (χ4v) is 4.47. The molecule has 2 aliphatic rings. The van der Waals surface area contributed by atoms with Crippen LogP contribution < -0.4 is 33.1 Å². The first-order valence-corrected chi connectivity index (χ1v) is 13.5. The topological polar surface area (TPSA) is 295 Å². The molecule has 8 N–H and O–H groups in total. The first-order valence-electron chi connectivity index (χ1n) is 13.5. The Morgan fingerprint density at radius 1 is 0.689 bits per heavy atom. The van der Waals surface area contributed by atoms with Crippen molar-refractivity contribution in [2.45, 2.75) is 49.1 Å². The van der Waals surface area contributed by atoms with Crippen LogP contribution in [-0.4, -0.2) is 128 Å². The quantitative estimate of drug-likeness (QED) is 0.100. The van der Waals surface area contributed by atoms with E-state index in [-0.39, 0.29) is 39.5 Å². The fraction of sp³-hybridized carbons (Fsp3) is 0.583. The van der Waals surface area contributed by atoms with Crippen molar-refractivity contribution in [3.63, 3.8) is 0 Å². The van der Waals surface area contributed by atoms with Gasteiger partial charge in [0, 0.05) is 37.6 Å². The lowest BCUT2D eigenvalue weighted by Crippen LogP contribution is -2.40. The van der Waals surface area contributed by atoms with Crippen molar-refractivity contribution < 1.29 is 53.7 Å². The van der Waals surface area contributed by atoms with Gasteiger partial charge in [-0.2, -0.15) is 0 Å². The number of alkyl carbamates (subject to hydrolysis) is 2. The monoisotopic (exact) mass is 644 g/mol. The summed E-state index contributed by atoms with van der Waals surface area (Å²) in [7, 11) is 0. The second-order valence-electron chi connectivity index (χ2n) is 9.77. The lowest BCUT2D eigenvalue weighted by molar-refractivity contribution is -0.0393. The van der Waals surface area contributed by atoms with Crippen molar-refractivity contribution in [2.24, 2.45) is 0 Å². The molecule has 2 aliphatic heterocycles. The van der Waals surface area contributed by atoms with Gasteiger partial charge in [-0.15, -0.1) is 0 Å². The van der Waals surface area contributed by atoms with Gasteiger partial charge in [0.1, 0.15) is 49.8 Å². The molecule has 21 nitrogen and oxygen atoms in total. The lowest BCUT2D eigenvalue weighted by atomic mass is 10.1. The van der Waals surface area contributed by atoms with E-state index in [9.17, 15) is 49.2 Å². The smallest absolute Gasteiger partial charge is 0.407 e. The Labute approximate surface area is 250 Å². The molecular formula is C24H32N6O15. The molecule has 0 saturated carbocycles. The van der Waals surface area contributed by atoms with Crippen LogP contribution >= 0.6 is 0 Å². The number of nitrogens with zero attached hydrogens (tertiary/aromatic N) is 2. The largest absolute Gasteiger partial charge is 0.447 e. The predicted molar refractivity (Wildman–Crippen MR) is 144 cm³/mol. The molecule has 248 valence electrons. The van der Waals surface area contributed by atoms with E-state index >= 15 is 0 Å². The van der Waals surface area contributed by atoms with Gasteiger partial charge in [0.2, 0.25) is 0 Å². The Kier molecular flexibility index (Phi) is 11.2. The molecule has 2 fully saturated rings. The van der Waals surface area contributed by atoms with Crippen LogP contribution in [0.1, 0.15) is 12.5 Å². The normalized spacial score (nSPS) is 27.6. The maximum Gasteiger partial charge on any atom is 0.407 e. The van der Waals surface area contributed by atoms with Crippen molar-refractivity contribution in [3.05, 3.63) is 66.2 Å². The Morgan fingerprint density at radius 3 is 1.47 bits per heavy atom. The van der Waals surface area contributed by atoms with E-state index in [4.69, 9.17) is 23.7 Å². The number of carbonyl (C=O) groups is 2. The van der Waals surface area contributed by atoms with Gasteiger partial charge >= 0.3 is 23.6 Å². The minimum Gasteiger partial charge on any atom is -0.447 e. The summed E-state index contributed by atoms with van der Waals surface area (Å²) in [5, 5.41) is 45.5. The van der Waals surface area contributed by atoms with Crippen molar-refractivity contribution in [2.75, 3.05) is 39.5 Å². The Morgan fingerprint density at radius 2 is 1.09 bits per heavy atom. The van der Waals surface area contributed by atoms with Gasteiger partial charge in [-0.1, -0.05) is 0 Å². The minimum atomic E-state index is -1.52. The molecule has 0 radical (unpaired) electrons. The van der Waals surface area contributed by atoms with Crippen LogP contribution in [0.2, 0.25) is 0 Å². The molecule has 2 amide bonds. The van der Waals surface area contributed by atoms with Crippen molar-refractivity contribution in [3.8, 4) is 0 Å². The lowest BCUT2D eigenvalue weighted by Gasteiger charge is -2.16. The molecule has 21 heteroatoms. The second-order valence-corrected chi connectivity index (χ2v) is 9.77. The first kappa shape index (κ1) is 33.5. The molecule has 4 rings (SSSR count). The molecule has 4 heterocycles. The third-order valence-electron chi connectivity index (χ3n) is 6.74. The number of ether oxygens (including phenoxy) is 5. The zero-order valence-electron chi connectivity index (χ0n) is 23.3. The van der Waals surface area contributed by atoms with Crippen LogP contribution in [0, 0.1) is 0 Å². The van der Waals surface area contributed by atoms with E-state index in [2.05, 4.69) is 10.6 Å². The predicted octanol–water partition coefficient (Wildman–Crippen LogP) is -5.21. The summed E-state index contributed by atoms with van der Waals surface area (Å²) < 4.78 is 27.8. The van der Waals surface area contributed by atoms with E-state index in [1.807, 2.05) is 9.97 Å². The number of rotatable bonds is 12. The number of hydrogen-bond acceptors (Lipinski definition) is 15. The van der Waals surface area contributed by atoms with Gasteiger partial charge in [-0.05, 0) is 0 Å². The SMILES string of the molecule is O=C(NC[C@@H]1O[C@H](n2ccc(=O)[nH]c2=O)[C@@H](O)[C@H]1O)OCCOCCOC(=O)NC[C@H]1O[C@@H](n2ccc(=O)[nH]c2=O)[C@H](O)[C@@H]1O. The molecule has 2 aromatic heterocycles. The van der Waals surface area contributed by atoms with E-state index in [1.54, 1.807) is 0 Å². The third kappa shape index (κ3) is 8.42. The third-order valence-corrected chi connectivity index (χ3v) is 6.74. The van der Waals surface area contributed by atoms with E-state index in [0.717, 1.165) is 33.7 Å². The van der Waals surface area contributed by atoms with Gasteiger partial charge in [-0.3, -0.25) is 28.7 Å². The summed E-state index contributed by atoms with van der Waals surface area (Å²) >= 11 is 0. The summed E-state index contributed by atoms with van der Waals surface area (Å²) in [5.41, 5.74) is -3.00. The Hall–Kier alpha value is -4.38. The molecule has 0 aliphatic carbocycles. The zero-order chi connectivity index (χ0) is 32.7. The molecule has 0 unspecified atom stereocenters. The van der Waals surface area contributed by atoms with Gasteiger partial charge in [0.25, 0.3) is 11.1 Å². The number of aromatic nitrogens is 4. The first-order chi connectivity index (χ1) is 21.5. The van der Waals surface area contributed by atoms with Crippen LogP contribution in [-0.2, 0) is 23.7 Å². The number of nitrogens with one attached hydrogen (secondary N) is 4. The number of H-pyrrole nitrogens is 2. The number of aliphatic hydroxyl groups is 4. The minimum absolute atomic E-state index is 0.0671. The van der Waals surface area contributed by atoms with E-state index < -0.39 is 83.8 Å². The van der Waals surface area contributed by atoms with Gasteiger partial charge in [0.15, 0.2) is 12.5 Å². The molecule has 8 atom stereocenters. The highest BCUT2D eigenvalue weighted by Crippen LogP contribution is 2.28. The summed E-state index contributed by atoms with van der Waals surface area (Å²) in [6, 6.07) is 2.09. The molecule has 2 saturated heterocycles. The number of amides is 2. The maximum absolute atomic E-state index is 11.9. The fourth-order valence-electron chi connectivity index (χ4n) is 4.47. The summed E-state index contributed by atoms with van der Waals surface area (Å²) in [4.78, 5) is 74.2. The molecule has 45 heavy (non-hydrogen) atoms. The van der Waals surface area contributed by atoms with Crippen molar-refractivity contribution >= 4 is 12.2 Å². The van der Waals surface area contributed by atoms with Crippen LogP contribution in [0.4, 0.5) is 9.59 Å². The van der Waals surface area contributed by atoms with Crippen molar-refractivity contribution in [1.82, 2.24) is 29.7 Å². The standard InChI is InChI=1S/C24H32N6O15/c31-13-1-3-29(21(37)27-13)19-17(35)15(33)11(44-19)9-25-23(39)42-7-5-41-6-8-43-24(40)26-10-12-16(34)18(36)20(45-12)30-4-2-14(32)28-22(30)38/h1-4,11-12,15-20,33-36H,5-10H2,(H,25,39)(H,26,40)(H,27,31,37)(H,28,32,38)/t11-,12+,15-,16+,17-,18+,19-,20+. The molecule has 2 aromatic rings. The second kappa shape index (κ2) is 15.1. The van der Waals surface area contributed by atoms with E-state index in [0.29, 0.717) is 0 Å². The molecule has 0 spiro atoms. The number of hydrogen-bond donors (Lipinski definition) is 8. The summed E-state index contributed by atoms with van der Waals surface area (Å²) in [5.74, 6) is 0. The number of carbonyl (C=O) groups excluding carboxylic acids is 2. The average molecular weight is 645 g/mol. The van der Waals surface area contributed by atoms with Crippen LogP contribution in [0.3, 0.4) is 0 Å². The van der Waals surface area contributed by atoms with Gasteiger partial charge in [0.05, 0.1) is 13.2 Å². The molecule has 0 bridgehead atoms. The molecule has 0 aromatic carbocycles. The average Bonchev–Trinajstić information content (AvgIpc) is 3.43. The Balaban J connectivity index is 1.06.